The van der Waals surface area contributed by atoms with E-state index in [2.05, 4.69) is 76.6 Å². The van der Waals surface area contributed by atoms with Crippen molar-refractivity contribution in [1.82, 2.24) is 10.2 Å². The Morgan fingerprint density at radius 1 is 0.971 bits per heavy atom. The van der Waals surface area contributed by atoms with Gasteiger partial charge in [-0.1, -0.05) is 48.0 Å². The quantitative estimate of drug-likeness (QED) is 0.521. The highest BCUT2D eigenvalue weighted by atomic mass is 16.1. The summed E-state index contributed by atoms with van der Waals surface area (Å²) in [6.07, 6.45) is 1.77. The van der Waals surface area contributed by atoms with Crippen molar-refractivity contribution >= 4 is 17.3 Å². The number of anilines is 2. The molecule has 1 amide bonds. The van der Waals surface area contributed by atoms with Gasteiger partial charge in [-0.3, -0.25) is 4.79 Å². The molecule has 0 unspecified atom stereocenters. The van der Waals surface area contributed by atoms with Crippen LogP contribution in [0.2, 0.25) is 0 Å². The molecule has 1 aliphatic rings. The highest BCUT2D eigenvalue weighted by Gasteiger charge is 2.25. The maximum atomic E-state index is 12.7. The van der Waals surface area contributed by atoms with E-state index >= 15 is 0 Å². The van der Waals surface area contributed by atoms with Gasteiger partial charge in [-0.15, -0.1) is 0 Å². The first kappa shape index (κ1) is 23.5. The van der Waals surface area contributed by atoms with Crippen LogP contribution in [0.4, 0.5) is 11.4 Å². The third kappa shape index (κ3) is 6.24. The van der Waals surface area contributed by atoms with Gasteiger partial charge in [0.05, 0.1) is 11.6 Å². The molecule has 3 aromatic rings. The summed E-state index contributed by atoms with van der Waals surface area (Å²) in [6.45, 7) is 6.36. The standard InChI is InChI=1S/C29H32N4O/c1-23-7-13-28(14-8-23)33(27-5-3-2-4-6-27)20-19-32-17-15-26(16-18-32)29(34)31-22-25-11-9-24(21-30)10-12-25/h2-14,26H,15-20,22H2,1H3,(H,31,34). The fourth-order valence-electron chi connectivity index (χ4n) is 4.43. The van der Waals surface area contributed by atoms with E-state index in [1.807, 2.05) is 18.2 Å². The van der Waals surface area contributed by atoms with Gasteiger partial charge in [-0.2, -0.15) is 5.26 Å². The van der Waals surface area contributed by atoms with E-state index in [0.29, 0.717) is 12.1 Å². The molecular weight excluding hydrogens is 420 g/mol. The van der Waals surface area contributed by atoms with Crippen molar-refractivity contribution in [3.05, 3.63) is 95.6 Å². The number of piperidine rings is 1. The molecular formula is C29H32N4O. The average molecular weight is 453 g/mol. The Morgan fingerprint density at radius 3 is 2.26 bits per heavy atom. The molecule has 3 aromatic carbocycles. The lowest BCUT2D eigenvalue weighted by Gasteiger charge is -2.34. The van der Waals surface area contributed by atoms with Crippen LogP contribution in [-0.4, -0.2) is 37.0 Å². The number of nitriles is 1. The number of hydrogen-bond acceptors (Lipinski definition) is 4. The zero-order chi connectivity index (χ0) is 23.8. The fraction of sp³-hybridized carbons (Fsp3) is 0.310. The van der Waals surface area contributed by atoms with E-state index in [1.165, 1.54) is 16.9 Å². The number of nitrogens with one attached hydrogen (secondary N) is 1. The molecule has 0 saturated carbocycles. The number of aryl methyl sites for hydroxylation is 1. The maximum Gasteiger partial charge on any atom is 0.223 e. The highest BCUT2D eigenvalue weighted by Crippen LogP contribution is 2.26. The van der Waals surface area contributed by atoms with Crippen molar-refractivity contribution in [1.29, 1.82) is 5.26 Å². The molecule has 5 nitrogen and oxygen atoms in total. The van der Waals surface area contributed by atoms with Gasteiger partial charge < -0.3 is 15.1 Å². The minimum Gasteiger partial charge on any atom is -0.352 e. The van der Waals surface area contributed by atoms with Crippen LogP contribution in [0, 0.1) is 24.2 Å². The molecule has 4 rings (SSSR count). The number of rotatable bonds is 8. The summed E-state index contributed by atoms with van der Waals surface area (Å²) >= 11 is 0. The van der Waals surface area contributed by atoms with Crippen LogP contribution in [0.25, 0.3) is 0 Å². The highest BCUT2D eigenvalue weighted by molar-refractivity contribution is 5.78. The normalized spacial score (nSPS) is 14.4. The van der Waals surface area contributed by atoms with Gasteiger partial charge in [0, 0.05) is 36.9 Å². The number of carbonyl (C=O) groups excluding carboxylic acids is 1. The Bertz CT molecular complexity index is 1100. The lowest BCUT2D eigenvalue weighted by molar-refractivity contribution is -0.126. The number of nitrogens with zero attached hydrogens (tertiary/aromatic N) is 3. The van der Waals surface area contributed by atoms with Gasteiger partial charge in [-0.05, 0) is 74.8 Å². The van der Waals surface area contributed by atoms with Crippen molar-refractivity contribution in [2.24, 2.45) is 5.92 Å². The number of likely N-dealkylation sites (tertiary alicyclic amines) is 1. The van der Waals surface area contributed by atoms with Crippen molar-refractivity contribution in [2.75, 3.05) is 31.1 Å². The van der Waals surface area contributed by atoms with Gasteiger partial charge in [0.15, 0.2) is 0 Å². The summed E-state index contributed by atoms with van der Waals surface area (Å²) in [4.78, 5) is 17.5. The average Bonchev–Trinajstić information content (AvgIpc) is 2.89. The first-order valence-corrected chi connectivity index (χ1v) is 12.0. The Labute approximate surface area is 202 Å². The van der Waals surface area contributed by atoms with E-state index in [1.54, 1.807) is 12.1 Å². The van der Waals surface area contributed by atoms with E-state index in [-0.39, 0.29) is 11.8 Å². The third-order valence-corrected chi connectivity index (χ3v) is 6.56. The molecule has 34 heavy (non-hydrogen) atoms. The molecule has 1 aliphatic heterocycles. The summed E-state index contributed by atoms with van der Waals surface area (Å²) < 4.78 is 0. The second-order valence-electron chi connectivity index (χ2n) is 8.97. The second kappa shape index (κ2) is 11.5. The van der Waals surface area contributed by atoms with Crippen molar-refractivity contribution < 1.29 is 4.79 Å². The molecule has 1 heterocycles. The van der Waals surface area contributed by atoms with Crippen LogP contribution < -0.4 is 10.2 Å². The molecule has 5 heteroatoms. The Morgan fingerprint density at radius 2 is 1.62 bits per heavy atom. The van der Waals surface area contributed by atoms with E-state index < -0.39 is 0 Å². The number of para-hydroxylation sites is 1. The van der Waals surface area contributed by atoms with Gasteiger partial charge in [0.25, 0.3) is 0 Å². The topological polar surface area (TPSA) is 59.4 Å². The molecule has 1 fully saturated rings. The Kier molecular flexibility index (Phi) is 7.95. The van der Waals surface area contributed by atoms with Crippen molar-refractivity contribution in [3.8, 4) is 6.07 Å². The van der Waals surface area contributed by atoms with Gasteiger partial charge in [0.2, 0.25) is 5.91 Å². The minimum atomic E-state index is 0.0666. The zero-order valence-electron chi connectivity index (χ0n) is 19.8. The minimum absolute atomic E-state index is 0.0666. The first-order valence-electron chi connectivity index (χ1n) is 12.0. The molecule has 0 aromatic heterocycles. The molecule has 174 valence electrons. The van der Waals surface area contributed by atoms with E-state index in [4.69, 9.17) is 5.26 Å². The maximum absolute atomic E-state index is 12.7. The Balaban J connectivity index is 1.27. The van der Waals surface area contributed by atoms with Crippen LogP contribution in [0.5, 0.6) is 0 Å². The lowest BCUT2D eigenvalue weighted by atomic mass is 9.95. The molecule has 0 bridgehead atoms. The third-order valence-electron chi connectivity index (χ3n) is 6.56. The van der Waals surface area contributed by atoms with Crippen molar-refractivity contribution in [3.63, 3.8) is 0 Å². The predicted molar refractivity (Wildman–Crippen MR) is 137 cm³/mol. The van der Waals surface area contributed by atoms with Crippen LogP contribution in [0.3, 0.4) is 0 Å². The molecule has 1 N–H and O–H groups in total. The van der Waals surface area contributed by atoms with Crippen molar-refractivity contribution in [2.45, 2.75) is 26.3 Å². The van der Waals surface area contributed by atoms with Gasteiger partial charge in [0.1, 0.15) is 0 Å². The first-order chi connectivity index (χ1) is 16.6. The van der Waals surface area contributed by atoms with Crippen LogP contribution in [-0.2, 0) is 11.3 Å². The number of benzene rings is 3. The summed E-state index contributed by atoms with van der Waals surface area (Å²) in [6, 6.07) is 28.7. The fourth-order valence-corrected chi connectivity index (χ4v) is 4.43. The van der Waals surface area contributed by atoms with E-state index in [0.717, 1.165) is 44.6 Å². The SMILES string of the molecule is Cc1ccc(N(CCN2CCC(C(=O)NCc3ccc(C#N)cc3)CC2)c2ccccc2)cc1. The molecule has 0 spiro atoms. The monoisotopic (exact) mass is 452 g/mol. The van der Waals surface area contributed by atoms with Crippen LogP contribution >= 0.6 is 0 Å². The van der Waals surface area contributed by atoms with Crippen LogP contribution in [0.15, 0.2) is 78.9 Å². The predicted octanol–water partition coefficient (Wildman–Crippen LogP) is 5.03. The number of amides is 1. The molecule has 0 radical (unpaired) electrons. The summed E-state index contributed by atoms with van der Waals surface area (Å²) in [5.74, 6) is 0.200. The summed E-state index contributed by atoms with van der Waals surface area (Å²) in [5, 5.41) is 12.0. The molecule has 1 saturated heterocycles. The lowest BCUT2D eigenvalue weighted by Crippen LogP contribution is -2.42. The van der Waals surface area contributed by atoms with Crippen LogP contribution in [0.1, 0.15) is 29.5 Å². The van der Waals surface area contributed by atoms with Gasteiger partial charge >= 0.3 is 0 Å². The largest absolute Gasteiger partial charge is 0.352 e. The summed E-state index contributed by atoms with van der Waals surface area (Å²) in [5.41, 5.74) is 5.31. The molecule has 0 atom stereocenters. The Hall–Kier alpha value is -3.62. The number of carbonyl (C=O) groups is 1. The number of hydrogen-bond donors (Lipinski definition) is 1. The van der Waals surface area contributed by atoms with E-state index in [9.17, 15) is 4.79 Å². The summed E-state index contributed by atoms with van der Waals surface area (Å²) in [7, 11) is 0. The second-order valence-corrected chi connectivity index (χ2v) is 8.97. The van der Waals surface area contributed by atoms with Gasteiger partial charge in [-0.25, -0.2) is 0 Å². The molecule has 0 aliphatic carbocycles. The zero-order valence-corrected chi connectivity index (χ0v) is 19.8. The smallest absolute Gasteiger partial charge is 0.223 e.